The van der Waals surface area contributed by atoms with Crippen molar-refractivity contribution in [3.63, 3.8) is 0 Å². The molecule has 1 aliphatic carbocycles. The van der Waals surface area contributed by atoms with Gasteiger partial charge in [-0.15, -0.1) is 0 Å². The molecule has 2 fully saturated rings. The van der Waals surface area contributed by atoms with Crippen LogP contribution >= 0.6 is 0 Å². The molecule has 0 aromatic heterocycles. The number of hydrogen-bond donors (Lipinski definition) is 2. The van der Waals surface area contributed by atoms with Crippen molar-refractivity contribution in [2.75, 3.05) is 13.2 Å². The first kappa shape index (κ1) is 13.3. The van der Waals surface area contributed by atoms with Gasteiger partial charge in [-0.1, -0.05) is 19.3 Å². The summed E-state index contributed by atoms with van der Waals surface area (Å²) in [4.78, 5) is 22.9. The third-order valence-corrected chi connectivity index (χ3v) is 3.98. The van der Waals surface area contributed by atoms with E-state index >= 15 is 0 Å². The maximum atomic E-state index is 11.9. The van der Waals surface area contributed by atoms with Crippen LogP contribution in [0.2, 0.25) is 0 Å². The van der Waals surface area contributed by atoms with Gasteiger partial charge in [-0.3, -0.25) is 9.59 Å². The minimum atomic E-state index is -0.795. The monoisotopic (exact) mass is 255 g/mol. The Morgan fingerprint density at radius 2 is 1.83 bits per heavy atom. The molecule has 5 nitrogen and oxygen atoms in total. The summed E-state index contributed by atoms with van der Waals surface area (Å²) in [6.07, 6.45) is 5.39. The number of nitrogens with one attached hydrogen (secondary N) is 1. The molecule has 2 aliphatic rings. The molecule has 1 saturated heterocycles. The summed E-state index contributed by atoms with van der Waals surface area (Å²) >= 11 is 0. The van der Waals surface area contributed by atoms with Gasteiger partial charge in [0.05, 0.1) is 25.7 Å². The number of hydrogen-bond acceptors (Lipinski definition) is 3. The van der Waals surface area contributed by atoms with E-state index in [2.05, 4.69) is 5.32 Å². The fourth-order valence-electron chi connectivity index (χ4n) is 2.98. The van der Waals surface area contributed by atoms with Gasteiger partial charge in [-0.05, 0) is 18.3 Å². The van der Waals surface area contributed by atoms with Crippen molar-refractivity contribution in [3.8, 4) is 0 Å². The van der Waals surface area contributed by atoms with Crippen LogP contribution < -0.4 is 5.32 Å². The van der Waals surface area contributed by atoms with E-state index in [0.29, 0.717) is 19.6 Å². The minimum Gasteiger partial charge on any atom is -0.481 e. The lowest BCUT2D eigenvalue weighted by Crippen LogP contribution is -2.49. The fourth-order valence-corrected chi connectivity index (χ4v) is 2.98. The SMILES string of the molecule is O=C(O)CC1(CC(=O)NC2COC2)CCCCC1. The molecule has 0 unspecified atom stereocenters. The van der Waals surface area contributed by atoms with Crippen LogP contribution in [0.5, 0.6) is 0 Å². The molecular formula is C13H21NO4. The van der Waals surface area contributed by atoms with Crippen LogP contribution in [0.4, 0.5) is 0 Å². The van der Waals surface area contributed by atoms with E-state index in [-0.39, 0.29) is 23.8 Å². The first-order valence-electron chi connectivity index (χ1n) is 6.69. The highest BCUT2D eigenvalue weighted by molar-refractivity contribution is 5.78. The van der Waals surface area contributed by atoms with Gasteiger partial charge in [-0.25, -0.2) is 0 Å². The van der Waals surface area contributed by atoms with Crippen molar-refractivity contribution in [1.82, 2.24) is 5.32 Å². The molecule has 18 heavy (non-hydrogen) atoms. The lowest BCUT2D eigenvalue weighted by atomic mass is 9.69. The number of rotatable bonds is 5. The molecule has 2 N–H and O–H groups in total. The summed E-state index contributed by atoms with van der Waals surface area (Å²) in [5.74, 6) is -0.817. The molecule has 0 radical (unpaired) electrons. The lowest BCUT2D eigenvalue weighted by molar-refractivity contribution is -0.141. The highest BCUT2D eigenvalue weighted by atomic mass is 16.5. The van der Waals surface area contributed by atoms with Crippen LogP contribution in [-0.2, 0) is 14.3 Å². The standard InChI is InChI=1S/C13H21NO4/c15-11(14-10-8-18-9-10)6-13(7-12(16)17)4-2-1-3-5-13/h10H,1-9H2,(H,14,15)(H,16,17). The average molecular weight is 255 g/mol. The zero-order valence-electron chi connectivity index (χ0n) is 10.6. The fraction of sp³-hybridized carbons (Fsp3) is 0.846. The third-order valence-electron chi connectivity index (χ3n) is 3.98. The Balaban J connectivity index is 1.90. The van der Waals surface area contributed by atoms with Crippen molar-refractivity contribution < 1.29 is 19.4 Å². The Hall–Kier alpha value is -1.10. The molecule has 0 aromatic rings. The number of carboxylic acid groups (broad SMARTS) is 1. The number of carboxylic acids is 1. The molecule has 1 saturated carbocycles. The van der Waals surface area contributed by atoms with E-state index < -0.39 is 5.97 Å². The summed E-state index contributed by atoms with van der Waals surface area (Å²) in [6.45, 7) is 1.16. The largest absolute Gasteiger partial charge is 0.481 e. The van der Waals surface area contributed by atoms with Gasteiger partial charge in [0, 0.05) is 6.42 Å². The van der Waals surface area contributed by atoms with Gasteiger partial charge in [0.15, 0.2) is 0 Å². The van der Waals surface area contributed by atoms with Crippen LogP contribution in [-0.4, -0.2) is 36.2 Å². The Morgan fingerprint density at radius 1 is 1.17 bits per heavy atom. The molecule has 1 heterocycles. The van der Waals surface area contributed by atoms with Gasteiger partial charge in [0.2, 0.25) is 5.91 Å². The molecule has 0 spiro atoms. The summed E-state index contributed by atoms with van der Waals surface area (Å²) in [7, 11) is 0. The molecule has 1 amide bonds. The van der Waals surface area contributed by atoms with Gasteiger partial charge in [0.25, 0.3) is 0 Å². The average Bonchev–Trinajstić information content (AvgIpc) is 2.23. The Kier molecular flexibility index (Phi) is 4.22. The van der Waals surface area contributed by atoms with Crippen molar-refractivity contribution in [1.29, 1.82) is 0 Å². The predicted octanol–water partition coefficient (Wildman–Crippen LogP) is 1.32. The molecule has 0 bridgehead atoms. The second-order valence-corrected chi connectivity index (χ2v) is 5.61. The molecule has 0 atom stereocenters. The first-order chi connectivity index (χ1) is 8.60. The van der Waals surface area contributed by atoms with E-state index in [9.17, 15) is 9.59 Å². The first-order valence-corrected chi connectivity index (χ1v) is 6.69. The zero-order chi connectivity index (χ0) is 13.0. The molecule has 1 aliphatic heterocycles. The lowest BCUT2D eigenvalue weighted by Gasteiger charge is -2.36. The normalized spacial score (nSPS) is 23.1. The third kappa shape index (κ3) is 3.45. The number of carbonyl (C=O) groups is 2. The smallest absolute Gasteiger partial charge is 0.303 e. The van der Waals surface area contributed by atoms with Crippen molar-refractivity contribution >= 4 is 11.9 Å². The highest BCUT2D eigenvalue weighted by Gasteiger charge is 2.37. The maximum Gasteiger partial charge on any atom is 0.303 e. The summed E-state index contributed by atoms with van der Waals surface area (Å²) < 4.78 is 5.01. The van der Waals surface area contributed by atoms with E-state index in [1.165, 1.54) is 0 Å². The van der Waals surface area contributed by atoms with Gasteiger partial charge < -0.3 is 15.2 Å². The molecular weight excluding hydrogens is 234 g/mol. The number of ether oxygens (including phenoxy) is 1. The zero-order valence-corrected chi connectivity index (χ0v) is 10.6. The van der Waals surface area contributed by atoms with E-state index in [1.807, 2.05) is 0 Å². The predicted molar refractivity (Wildman–Crippen MR) is 65.1 cm³/mol. The van der Waals surface area contributed by atoms with Gasteiger partial charge in [0.1, 0.15) is 0 Å². The van der Waals surface area contributed by atoms with Crippen LogP contribution in [0.25, 0.3) is 0 Å². The highest BCUT2D eigenvalue weighted by Crippen LogP contribution is 2.42. The molecule has 102 valence electrons. The molecule has 0 aromatic carbocycles. The molecule has 2 rings (SSSR count). The summed E-state index contributed by atoms with van der Waals surface area (Å²) in [5.41, 5.74) is -0.321. The van der Waals surface area contributed by atoms with Crippen LogP contribution in [0.15, 0.2) is 0 Å². The second kappa shape index (κ2) is 5.69. The topological polar surface area (TPSA) is 75.6 Å². The van der Waals surface area contributed by atoms with Crippen molar-refractivity contribution in [3.05, 3.63) is 0 Å². The van der Waals surface area contributed by atoms with Crippen molar-refractivity contribution in [2.45, 2.75) is 51.0 Å². The van der Waals surface area contributed by atoms with Gasteiger partial charge >= 0.3 is 5.97 Å². The second-order valence-electron chi connectivity index (χ2n) is 5.61. The Morgan fingerprint density at radius 3 is 2.33 bits per heavy atom. The Labute approximate surface area is 107 Å². The number of aliphatic carboxylic acids is 1. The Bertz CT molecular complexity index is 319. The van der Waals surface area contributed by atoms with E-state index in [0.717, 1.165) is 32.1 Å². The maximum absolute atomic E-state index is 11.9. The van der Waals surface area contributed by atoms with Gasteiger partial charge in [-0.2, -0.15) is 0 Å². The molecule has 5 heteroatoms. The number of amides is 1. The summed E-state index contributed by atoms with van der Waals surface area (Å²) in [6, 6.07) is 0.128. The number of carbonyl (C=O) groups excluding carboxylic acids is 1. The summed E-state index contributed by atoms with van der Waals surface area (Å²) in [5, 5.41) is 11.9. The van der Waals surface area contributed by atoms with Crippen LogP contribution in [0, 0.1) is 5.41 Å². The van der Waals surface area contributed by atoms with Crippen LogP contribution in [0.3, 0.4) is 0 Å². The minimum absolute atomic E-state index is 0.0218. The van der Waals surface area contributed by atoms with Crippen LogP contribution in [0.1, 0.15) is 44.9 Å². The quantitative estimate of drug-likeness (QED) is 0.776. The van der Waals surface area contributed by atoms with Crippen molar-refractivity contribution in [2.24, 2.45) is 5.41 Å². The van der Waals surface area contributed by atoms with E-state index in [4.69, 9.17) is 9.84 Å². The van der Waals surface area contributed by atoms with E-state index in [1.54, 1.807) is 0 Å².